The number of aromatic nitrogens is 2. The highest BCUT2D eigenvalue weighted by Crippen LogP contribution is 2.42. The molecule has 1 fully saturated rings. The number of nitrogens with zero attached hydrogens (tertiary/aromatic N) is 3. The molecular weight excluding hydrogens is 418 g/mol. The lowest BCUT2D eigenvalue weighted by atomic mass is 9.92. The molecule has 3 aliphatic rings. The maximum Gasteiger partial charge on any atom is 0.212 e. The monoisotopic (exact) mass is 439 g/mol. The van der Waals surface area contributed by atoms with Gasteiger partial charge in [0.2, 0.25) is 5.95 Å². The molecule has 0 amide bonds. The van der Waals surface area contributed by atoms with E-state index in [9.17, 15) is 0 Å². The molecule has 5 N–H and O–H groups in total. The number of guanidine groups is 1. The highest BCUT2D eigenvalue weighted by molar-refractivity contribution is 6.30. The van der Waals surface area contributed by atoms with E-state index in [1.165, 1.54) is 0 Å². The molecular formula is C21H22ClN7O2. The number of aliphatic imine (C=N–C) groups is 1. The molecule has 6 rings (SSSR count). The number of fused-ring (bicyclic) bond motifs is 4. The van der Waals surface area contributed by atoms with Gasteiger partial charge in [-0.1, -0.05) is 23.7 Å². The van der Waals surface area contributed by atoms with Crippen molar-refractivity contribution in [1.29, 1.82) is 0 Å². The Morgan fingerprint density at radius 2 is 1.87 bits per heavy atom. The smallest absolute Gasteiger partial charge is 0.212 e. The van der Waals surface area contributed by atoms with Crippen LogP contribution in [0.5, 0.6) is 11.5 Å². The molecule has 10 heteroatoms. The Kier molecular flexibility index (Phi) is 4.41. The first kappa shape index (κ1) is 18.7. The van der Waals surface area contributed by atoms with Gasteiger partial charge in [0.05, 0.1) is 30.3 Å². The van der Waals surface area contributed by atoms with Crippen LogP contribution in [0.15, 0.2) is 41.4 Å². The summed E-state index contributed by atoms with van der Waals surface area (Å²) < 4.78 is 13.9. The highest BCUT2D eigenvalue weighted by atomic mass is 35.5. The van der Waals surface area contributed by atoms with Gasteiger partial charge < -0.3 is 15.2 Å². The average molecular weight is 440 g/mol. The zero-order valence-electron chi connectivity index (χ0n) is 16.6. The van der Waals surface area contributed by atoms with Crippen molar-refractivity contribution in [2.24, 2.45) is 16.6 Å². The molecule has 2 aromatic carbocycles. The van der Waals surface area contributed by atoms with Crippen molar-refractivity contribution < 1.29 is 9.47 Å². The molecule has 31 heavy (non-hydrogen) atoms. The van der Waals surface area contributed by atoms with Crippen molar-refractivity contribution in [3.05, 3.63) is 47.0 Å². The number of hydrogen-bond acceptors (Lipinski definition) is 8. The minimum Gasteiger partial charge on any atom is -0.489 e. The minimum absolute atomic E-state index is 0.0302. The van der Waals surface area contributed by atoms with Crippen LogP contribution in [0.4, 0.5) is 5.95 Å². The average Bonchev–Trinajstić information content (AvgIpc) is 3.30. The molecule has 0 saturated carbocycles. The zero-order chi connectivity index (χ0) is 20.9. The molecule has 4 heterocycles. The van der Waals surface area contributed by atoms with Crippen molar-refractivity contribution >= 4 is 34.5 Å². The van der Waals surface area contributed by atoms with Crippen molar-refractivity contribution in [2.45, 2.75) is 18.6 Å². The van der Waals surface area contributed by atoms with Crippen molar-refractivity contribution in [1.82, 2.24) is 20.4 Å². The number of anilines is 1. The number of nitrogens with two attached hydrogens (primary N) is 1. The summed E-state index contributed by atoms with van der Waals surface area (Å²) in [6.07, 6.45) is 0.597. The van der Waals surface area contributed by atoms with E-state index in [-0.39, 0.29) is 18.1 Å². The summed E-state index contributed by atoms with van der Waals surface area (Å²) in [6.45, 7) is 1.98. The van der Waals surface area contributed by atoms with E-state index in [2.05, 4.69) is 20.7 Å². The zero-order valence-corrected chi connectivity index (χ0v) is 17.4. The number of nitrogens with one attached hydrogen (secondary N) is 3. The van der Waals surface area contributed by atoms with Gasteiger partial charge in [0, 0.05) is 36.0 Å². The second-order valence-electron chi connectivity index (χ2n) is 7.91. The van der Waals surface area contributed by atoms with Gasteiger partial charge in [-0.25, -0.2) is 15.4 Å². The molecule has 1 saturated heterocycles. The van der Waals surface area contributed by atoms with Crippen LogP contribution in [-0.2, 0) is 0 Å². The lowest BCUT2D eigenvalue weighted by Crippen LogP contribution is -2.35. The van der Waals surface area contributed by atoms with E-state index in [0.29, 0.717) is 35.9 Å². The topological polar surface area (TPSA) is 111 Å². The summed E-state index contributed by atoms with van der Waals surface area (Å²) in [7, 11) is 0. The molecule has 0 aliphatic carbocycles. The summed E-state index contributed by atoms with van der Waals surface area (Å²) >= 11 is 6.09. The standard InChI is InChI=1S/C21H22ClN7O2/c22-12-4-2-11(3-5-12)18-13(10-24-28-18)19-26-20(23)27-21-25-14-8-16-17(9-15(14)29(19)21)31-7-1-6-30-16/h2-5,8-9,13,18-19,24,28H,1,6-7,10H2,(H3,23,25,26,27). The SMILES string of the molecule is NC1=NC(C2CNNC2c2ccc(Cl)cc2)n2c(nc3cc4c(cc32)OCCCO4)N1. The van der Waals surface area contributed by atoms with Gasteiger partial charge in [0.1, 0.15) is 6.17 Å². The quantitative estimate of drug-likeness (QED) is 0.485. The van der Waals surface area contributed by atoms with Gasteiger partial charge in [-0.05, 0) is 17.7 Å². The summed E-state index contributed by atoms with van der Waals surface area (Å²) in [5, 5.41) is 3.82. The Morgan fingerprint density at radius 1 is 1.10 bits per heavy atom. The van der Waals surface area contributed by atoms with E-state index in [0.717, 1.165) is 35.3 Å². The van der Waals surface area contributed by atoms with Crippen molar-refractivity contribution in [2.75, 3.05) is 25.1 Å². The number of imidazole rings is 1. The molecule has 3 atom stereocenters. The summed E-state index contributed by atoms with van der Waals surface area (Å²) in [4.78, 5) is 9.55. The lowest BCUT2D eigenvalue weighted by Gasteiger charge is -2.30. The van der Waals surface area contributed by atoms with Gasteiger partial charge in [0.25, 0.3) is 0 Å². The van der Waals surface area contributed by atoms with Crippen LogP contribution in [0, 0.1) is 5.92 Å². The molecule has 0 spiro atoms. The maximum absolute atomic E-state index is 6.15. The second kappa shape index (κ2) is 7.30. The molecule has 3 aliphatic heterocycles. The van der Waals surface area contributed by atoms with Gasteiger partial charge >= 0.3 is 0 Å². The largest absolute Gasteiger partial charge is 0.489 e. The third-order valence-corrected chi connectivity index (χ3v) is 6.22. The molecule has 160 valence electrons. The Hall–Kier alpha value is -3.01. The number of hydrazine groups is 1. The number of halogens is 1. The van der Waals surface area contributed by atoms with Crippen molar-refractivity contribution in [3.8, 4) is 11.5 Å². The summed E-state index contributed by atoms with van der Waals surface area (Å²) in [5.74, 6) is 2.55. The minimum atomic E-state index is -0.255. The Morgan fingerprint density at radius 3 is 2.68 bits per heavy atom. The van der Waals surface area contributed by atoms with Crippen LogP contribution in [-0.4, -0.2) is 35.3 Å². The number of rotatable bonds is 2. The molecule has 9 nitrogen and oxygen atoms in total. The number of benzene rings is 2. The van der Waals surface area contributed by atoms with Crippen molar-refractivity contribution in [3.63, 3.8) is 0 Å². The van der Waals surface area contributed by atoms with E-state index in [1.807, 2.05) is 36.4 Å². The maximum atomic E-state index is 6.15. The van der Waals surface area contributed by atoms with Crippen LogP contribution in [0.25, 0.3) is 11.0 Å². The molecule has 3 unspecified atom stereocenters. The normalized spacial score (nSPS) is 24.9. The van der Waals surface area contributed by atoms with Gasteiger partial charge in [-0.3, -0.25) is 15.3 Å². The summed E-state index contributed by atoms with van der Waals surface area (Å²) in [6, 6.07) is 11.8. The molecule has 3 aromatic rings. The van der Waals surface area contributed by atoms with Gasteiger partial charge in [-0.15, -0.1) is 0 Å². The third-order valence-electron chi connectivity index (χ3n) is 5.97. The Bertz CT molecular complexity index is 1180. The number of hydrogen-bond donors (Lipinski definition) is 4. The first-order valence-electron chi connectivity index (χ1n) is 10.3. The Labute approximate surface area is 183 Å². The van der Waals surface area contributed by atoms with Gasteiger partial charge in [-0.2, -0.15) is 0 Å². The van der Waals surface area contributed by atoms with E-state index >= 15 is 0 Å². The molecule has 1 aromatic heterocycles. The van der Waals surface area contributed by atoms with E-state index < -0.39 is 0 Å². The third kappa shape index (κ3) is 3.16. The second-order valence-corrected chi connectivity index (χ2v) is 8.35. The number of ether oxygens (including phenoxy) is 2. The first-order valence-corrected chi connectivity index (χ1v) is 10.7. The predicted molar refractivity (Wildman–Crippen MR) is 118 cm³/mol. The summed E-state index contributed by atoms with van der Waals surface area (Å²) in [5.41, 5.74) is 15.7. The van der Waals surface area contributed by atoms with Crippen LogP contribution in [0.2, 0.25) is 5.02 Å². The highest BCUT2D eigenvalue weighted by Gasteiger charge is 2.39. The van der Waals surface area contributed by atoms with Gasteiger partial charge in [0.15, 0.2) is 17.5 Å². The lowest BCUT2D eigenvalue weighted by molar-refractivity contribution is 0.297. The van der Waals surface area contributed by atoms with E-state index in [1.54, 1.807) is 0 Å². The van der Waals surface area contributed by atoms with Crippen LogP contribution < -0.4 is 31.4 Å². The molecule has 0 bridgehead atoms. The molecule has 0 radical (unpaired) electrons. The van der Waals surface area contributed by atoms with Crippen LogP contribution in [0.3, 0.4) is 0 Å². The van der Waals surface area contributed by atoms with E-state index in [4.69, 9.17) is 36.8 Å². The fourth-order valence-electron chi connectivity index (χ4n) is 4.53. The van der Waals surface area contributed by atoms with Crippen LogP contribution >= 0.6 is 11.6 Å². The fraction of sp³-hybridized carbons (Fsp3) is 0.333. The first-order chi connectivity index (χ1) is 15.2. The Balaban J connectivity index is 1.45. The predicted octanol–water partition coefficient (Wildman–Crippen LogP) is 2.56. The van der Waals surface area contributed by atoms with Crippen LogP contribution in [0.1, 0.15) is 24.2 Å². The fourth-order valence-corrected chi connectivity index (χ4v) is 4.66.